The minimum atomic E-state index is -0.823. The predicted molar refractivity (Wildman–Crippen MR) is 67.5 cm³/mol. The maximum absolute atomic E-state index is 10.3. The number of aromatic nitrogens is 1. The standard InChI is InChI=1S/C14H18N2O/c1-12-9-13(11-15-10-12)3-4-14(17)5-7-16(2)8-6-14/h9-11,17H,5-8H2,1-2H3. The van der Waals surface area contributed by atoms with Gasteiger partial charge >= 0.3 is 0 Å². The molecule has 0 spiro atoms. The van der Waals surface area contributed by atoms with E-state index in [-0.39, 0.29) is 0 Å². The summed E-state index contributed by atoms with van der Waals surface area (Å²) in [4.78, 5) is 6.30. The van der Waals surface area contributed by atoms with Crippen molar-refractivity contribution in [1.29, 1.82) is 0 Å². The first kappa shape index (κ1) is 12.1. The number of piperidine rings is 1. The van der Waals surface area contributed by atoms with E-state index in [9.17, 15) is 5.11 Å². The third-order valence-electron chi connectivity index (χ3n) is 3.13. The molecule has 0 atom stereocenters. The molecule has 0 bridgehead atoms. The molecule has 2 heterocycles. The van der Waals surface area contributed by atoms with Crippen LogP contribution in [0.25, 0.3) is 0 Å². The van der Waals surface area contributed by atoms with Gasteiger partial charge in [-0.3, -0.25) is 4.98 Å². The summed E-state index contributed by atoms with van der Waals surface area (Å²) in [7, 11) is 2.07. The summed E-state index contributed by atoms with van der Waals surface area (Å²) in [6.45, 7) is 3.79. The molecule has 0 aromatic carbocycles. The molecule has 1 N–H and O–H groups in total. The van der Waals surface area contributed by atoms with E-state index in [0.29, 0.717) is 0 Å². The van der Waals surface area contributed by atoms with Crippen LogP contribution in [0.3, 0.4) is 0 Å². The Bertz CT molecular complexity index is 451. The Morgan fingerprint density at radius 2 is 2.06 bits per heavy atom. The lowest BCUT2D eigenvalue weighted by Crippen LogP contribution is -2.41. The molecule has 2 rings (SSSR count). The molecular weight excluding hydrogens is 212 g/mol. The lowest BCUT2D eigenvalue weighted by atomic mass is 9.92. The summed E-state index contributed by atoms with van der Waals surface area (Å²) in [5, 5.41) is 10.3. The summed E-state index contributed by atoms with van der Waals surface area (Å²) >= 11 is 0. The number of pyridine rings is 1. The molecule has 0 amide bonds. The van der Waals surface area contributed by atoms with Crippen molar-refractivity contribution in [2.45, 2.75) is 25.4 Å². The van der Waals surface area contributed by atoms with E-state index in [1.165, 1.54) is 0 Å². The average molecular weight is 230 g/mol. The van der Waals surface area contributed by atoms with E-state index in [0.717, 1.165) is 37.1 Å². The molecule has 1 aliphatic heterocycles. The molecule has 0 saturated carbocycles. The summed E-state index contributed by atoms with van der Waals surface area (Å²) in [5.41, 5.74) is 1.14. The van der Waals surface area contributed by atoms with Crippen molar-refractivity contribution in [3.05, 3.63) is 29.6 Å². The number of rotatable bonds is 0. The molecule has 3 heteroatoms. The molecule has 0 aliphatic carbocycles. The van der Waals surface area contributed by atoms with Crippen molar-refractivity contribution >= 4 is 0 Å². The van der Waals surface area contributed by atoms with Crippen LogP contribution in [0.2, 0.25) is 0 Å². The second-order valence-electron chi connectivity index (χ2n) is 4.84. The fourth-order valence-corrected chi connectivity index (χ4v) is 1.93. The van der Waals surface area contributed by atoms with Gasteiger partial charge < -0.3 is 10.0 Å². The van der Waals surface area contributed by atoms with Crippen LogP contribution in [0.1, 0.15) is 24.0 Å². The Hall–Kier alpha value is -1.37. The molecule has 1 saturated heterocycles. The van der Waals surface area contributed by atoms with Crippen LogP contribution >= 0.6 is 0 Å². The topological polar surface area (TPSA) is 36.4 Å². The zero-order valence-electron chi connectivity index (χ0n) is 10.4. The number of aryl methyl sites for hydroxylation is 1. The summed E-state index contributed by atoms with van der Waals surface area (Å²) in [6.07, 6.45) is 4.97. The first-order chi connectivity index (χ1) is 8.07. The van der Waals surface area contributed by atoms with Crippen LogP contribution in [0.4, 0.5) is 0 Å². The van der Waals surface area contributed by atoms with Gasteiger partial charge in [0.05, 0.1) is 0 Å². The largest absolute Gasteiger partial charge is 0.377 e. The molecule has 0 unspecified atom stereocenters. The molecule has 1 aliphatic rings. The highest BCUT2D eigenvalue weighted by atomic mass is 16.3. The Morgan fingerprint density at radius 1 is 1.35 bits per heavy atom. The van der Waals surface area contributed by atoms with Crippen molar-refractivity contribution in [3.8, 4) is 11.8 Å². The highest BCUT2D eigenvalue weighted by Crippen LogP contribution is 2.20. The van der Waals surface area contributed by atoms with Gasteiger partial charge in [0.25, 0.3) is 0 Å². The minimum Gasteiger partial charge on any atom is -0.377 e. The van der Waals surface area contributed by atoms with Gasteiger partial charge in [0.15, 0.2) is 0 Å². The smallest absolute Gasteiger partial charge is 0.128 e. The van der Waals surface area contributed by atoms with Gasteiger partial charge in [-0.15, -0.1) is 0 Å². The number of hydrogen-bond donors (Lipinski definition) is 1. The lowest BCUT2D eigenvalue weighted by Gasteiger charge is -2.32. The van der Waals surface area contributed by atoms with Crippen LogP contribution in [0.5, 0.6) is 0 Å². The Kier molecular flexibility index (Phi) is 3.46. The van der Waals surface area contributed by atoms with Gasteiger partial charge in [-0.2, -0.15) is 0 Å². The van der Waals surface area contributed by atoms with Gasteiger partial charge in [-0.1, -0.05) is 11.8 Å². The normalized spacial score (nSPS) is 19.5. The number of likely N-dealkylation sites (tertiary alicyclic amines) is 1. The number of aliphatic hydroxyl groups is 1. The van der Waals surface area contributed by atoms with Crippen LogP contribution < -0.4 is 0 Å². The highest BCUT2D eigenvalue weighted by molar-refractivity contribution is 5.36. The van der Waals surface area contributed by atoms with Crippen LogP contribution in [-0.2, 0) is 0 Å². The van der Waals surface area contributed by atoms with Crippen molar-refractivity contribution in [2.24, 2.45) is 0 Å². The second kappa shape index (κ2) is 4.87. The molecule has 1 fully saturated rings. The van der Waals surface area contributed by atoms with Gasteiger partial charge in [-0.05, 0) is 25.6 Å². The van der Waals surface area contributed by atoms with Crippen molar-refractivity contribution in [1.82, 2.24) is 9.88 Å². The van der Waals surface area contributed by atoms with Gasteiger partial charge in [-0.25, -0.2) is 0 Å². The van der Waals surface area contributed by atoms with Gasteiger partial charge in [0.1, 0.15) is 5.60 Å². The van der Waals surface area contributed by atoms with E-state index < -0.39 is 5.60 Å². The SMILES string of the molecule is Cc1cncc(C#CC2(O)CCN(C)CC2)c1. The average Bonchev–Trinajstić information content (AvgIpc) is 2.31. The zero-order chi connectivity index (χ0) is 12.3. The first-order valence-electron chi connectivity index (χ1n) is 5.93. The van der Waals surface area contributed by atoms with Crippen molar-refractivity contribution < 1.29 is 5.11 Å². The van der Waals surface area contributed by atoms with Gasteiger partial charge in [0.2, 0.25) is 0 Å². The number of hydrogen-bond acceptors (Lipinski definition) is 3. The van der Waals surface area contributed by atoms with E-state index in [1.54, 1.807) is 12.4 Å². The van der Waals surface area contributed by atoms with Crippen molar-refractivity contribution in [3.63, 3.8) is 0 Å². The third-order valence-corrected chi connectivity index (χ3v) is 3.13. The minimum absolute atomic E-state index is 0.718. The monoisotopic (exact) mass is 230 g/mol. The summed E-state index contributed by atoms with van der Waals surface area (Å²) in [5.74, 6) is 6.03. The Balaban J connectivity index is 2.10. The summed E-state index contributed by atoms with van der Waals surface area (Å²) < 4.78 is 0. The maximum Gasteiger partial charge on any atom is 0.128 e. The highest BCUT2D eigenvalue weighted by Gasteiger charge is 2.28. The first-order valence-corrected chi connectivity index (χ1v) is 5.93. The molecule has 3 nitrogen and oxygen atoms in total. The Labute approximate surface area is 102 Å². The van der Waals surface area contributed by atoms with E-state index >= 15 is 0 Å². The van der Waals surface area contributed by atoms with E-state index in [4.69, 9.17) is 0 Å². The summed E-state index contributed by atoms with van der Waals surface area (Å²) in [6, 6.07) is 1.98. The third kappa shape index (κ3) is 3.29. The van der Waals surface area contributed by atoms with Crippen LogP contribution in [0, 0.1) is 18.8 Å². The molecule has 0 radical (unpaired) electrons. The number of nitrogens with zero attached hydrogens (tertiary/aromatic N) is 2. The Morgan fingerprint density at radius 3 is 2.71 bits per heavy atom. The van der Waals surface area contributed by atoms with Gasteiger partial charge in [0, 0.05) is 43.9 Å². The van der Waals surface area contributed by atoms with E-state index in [1.807, 2.05) is 13.0 Å². The molecular formula is C14H18N2O. The zero-order valence-corrected chi connectivity index (χ0v) is 10.4. The van der Waals surface area contributed by atoms with E-state index in [2.05, 4.69) is 28.8 Å². The molecule has 17 heavy (non-hydrogen) atoms. The fraction of sp³-hybridized carbons (Fsp3) is 0.500. The lowest BCUT2D eigenvalue weighted by molar-refractivity contribution is 0.0350. The quantitative estimate of drug-likeness (QED) is 0.680. The van der Waals surface area contributed by atoms with Crippen molar-refractivity contribution in [2.75, 3.05) is 20.1 Å². The molecule has 90 valence electrons. The molecule has 1 aromatic heterocycles. The van der Waals surface area contributed by atoms with Crippen LogP contribution in [0.15, 0.2) is 18.5 Å². The molecule has 1 aromatic rings. The second-order valence-corrected chi connectivity index (χ2v) is 4.84. The van der Waals surface area contributed by atoms with Crippen LogP contribution in [-0.4, -0.2) is 40.7 Å². The fourth-order valence-electron chi connectivity index (χ4n) is 1.93. The maximum atomic E-state index is 10.3. The predicted octanol–water partition coefficient (Wildman–Crippen LogP) is 1.20.